The molecule has 2 aliphatic rings. The van der Waals surface area contributed by atoms with E-state index in [-0.39, 0.29) is 11.9 Å². The Labute approximate surface area is 120 Å². The second-order valence-corrected chi connectivity index (χ2v) is 5.81. The number of anilines is 1. The molecule has 1 saturated carbocycles. The number of likely N-dealkylation sites (N-methyl/N-ethyl adjacent to an activating group) is 1. The highest BCUT2D eigenvalue weighted by Crippen LogP contribution is 2.43. The van der Waals surface area contributed by atoms with Gasteiger partial charge in [0.25, 0.3) is 0 Å². The number of ether oxygens (including phenoxy) is 1. The SMILES string of the molecule is CN(CCOC(=O)C1CC2C=CC1C2)c1ccccc1. The number of hydrogen-bond acceptors (Lipinski definition) is 3. The number of carbonyl (C=O) groups is 1. The van der Waals surface area contributed by atoms with Crippen LogP contribution in [0, 0.1) is 17.8 Å². The average molecular weight is 271 g/mol. The molecule has 1 aromatic rings. The summed E-state index contributed by atoms with van der Waals surface area (Å²) in [6, 6.07) is 10.1. The summed E-state index contributed by atoms with van der Waals surface area (Å²) in [4.78, 5) is 14.2. The Morgan fingerprint density at radius 1 is 1.25 bits per heavy atom. The van der Waals surface area contributed by atoms with Crippen molar-refractivity contribution in [3.8, 4) is 0 Å². The molecule has 3 rings (SSSR count). The molecule has 0 aliphatic heterocycles. The fraction of sp³-hybridized carbons (Fsp3) is 0.471. The molecular formula is C17H21NO2. The molecule has 0 saturated heterocycles. The van der Waals surface area contributed by atoms with Crippen LogP contribution in [0.3, 0.4) is 0 Å². The minimum atomic E-state index is -0.0108. The zero-order valence-electron chi connectivity index (χ0n) is 11.9. The Kier molecular flexibility index (Phi) is 3.77. The van der Waals surface area contributed by atoms with Crippen LogP contribution in [0.5, 0.6) is 0 Å². The molecule has 0 radical (unpaired) electrons. The summed E-state index contributed by atoms with van der Waals surface area (Å²) in [5.41, 5.74) is 1.14. The molecule has 0 aromatic heterocycles. The Bertz CT molecular complexity index is 497. The van der Waals surface area contributed by atoms with E-state index >= 15 is 0 Å². The first-order valence-electron chi connectivity index (χ1n) is 7.35. The van der Waals surface area contributed by atoms with Crippen molar-refractivity contribution in [3.05, 3.63) is 42.5 Å². The first-order chi connectivity index (χ1) is 9.74. The normalized spacial score (nSPS) is 26.8. The van der Waals surface area contributed by atoms with Crippen molar-refractivity contribution in [2.24, 2.45) is 17.8 Å². The van der Waals surface area contributed by atoms with Crippen LogP contribution in [-0.4, -0.2) is 26.2 Å². The maximum Gasteiger partial charge on any atom is 0.309 e. The molecule has 0 heterocycles. The van der Waals surface area contributed by atoms with Gasteiger partial charge in [-0.05, 0) is 36.8 Å². The minimum Gasteiger partial charge on any atom is -0.464 e. The van der Waals surface area contributed by atoms with E-state index in [1.54, 1.807) is 0 Å². The molecule has 0 N–H and O–H groups in total. The Morgan fingerprint density at radius 2 is 2.05 bits per heavy atom. The van der Waals surface area contributed by atoms with Crippen LogP contribution in [0.4, 0.5) is 5.69 Å². The minimum absolute atomic E-state index is 0.0108. The smallest absolute Gasteiger partial charge is 0.309 e. The number of benzene rings is 1. The van der Waals surface area contributed by atoms with Crippen molar-refractivity contribution in [1.82, 2.24) is 0 Å². The van der Waals surface area contributed by atoms with Crippen LogP contribution < -0.4 is 4.90 Å². The van der Waals surface area contributed by atoms with Crippen molar-refractivity contribution >= 4 is 11.7 Å². The summed E-state index contributed by atoms with van der Waals surface area (Å²) in [6.45, 7) is 1.19. The Balaban J connectivity index is 1.44. The van der Waals surface area contributed by atoms with Gasteiger partial charge in [0, 0.05) is 12.7 Å². The third-order valence-corrected chi connectivity index (χ3v) is 4.45. The summed E-state index contributed by atoms with van der Waals surface area (Å²) in [6.07, 6.45) is 6.56. The predicted molar refractivity (Wildman–Crippen MR) is 79.5 cm³/mol. The highest BCUT2D eigenvalue weighted by molar-refractivity contribution is 5.74. The summed E-state index contributed by atoms with van der Waals surface area (Å²) in [5.74, 6) is 1.14. The number of rotatable bonds is 5. The van der Waals surface area contributed by atoms with E-state index in [4.69, 9.17) is 4.74 Å². The number of esters is 1. The van der Waals surface area contributed by atoms with Gasteiger partial charge in [-0.2, -0.15) is 0 Å². The average Bonchev–Trinajstić information content (AvgIpc) is 3.10. The van der Waals surface area contributed by atoms with Crippen LogP contribution in [-0.2, 0) is 9.53 Å². The van der Waals surface area contributed by atoms with Gasteiger partial charge >= 0.3 is 5.97 Å². The van der Waals surface area contributed by atoms with E-state index in [1.165, 1.54) is 0 Å². The molecule has 0 spiro atoms. The van der Waals surface area contributed by atoms with Gasteiger partial charge < -0.3 is 9.64 Å². The maximum absolute atomic E-state index is 12.1. The molecule has 20 heavy (non-hydrogen) atoms. The van der Waals surface area contributed by atoms with Gasteiger partial charge in [-0.15, -0.1) is 0 Å². The topological polar surface area (TPSA) is 29.5 Å². The number of allylic oxidation sites excluding steroid dienone is 2. The second-order valence-electron chi connectivity index (χ2n) is 5.81. The zero-order valence-corrected chi connectivity index (χ0v) is 11.9. The van der Waals surface area contributed by atoms with E-state index in [0.29, 0.717) is 18.4 Å². The van der Waals surface area contributed by atoms with E-state index in [2.05, 4.69) is 29.2 Å². The van der Waals surface area contributed by atoms with Gasteiger partial charge in [-0.3, -0.25) is 4.79 Å². The quantitative estimate of drug-likeness (QED) is 0.609. The lowest BCUT2D eigenvalue weighted by atomic mass is 9.94. The van der Waals surface area contributed by atoms with Crippen LogP contribution in [0.2, 0.25) is 0 Å². The molecule has 1 aromatic carbocycles. The first kappa shape index (κ1) is 13.2. The second kappa shape index (κ2) is 5.70. The zero-order chi connectivity index (χ0) is 13.9. The van der Waals surface area contributed by atoms with Gasteiger partial charge in [0.15, 0.2) is 0 Å². The summed E-state index contributed by atoms with van der Waals surface area (Å²) >= 11 is 0. The van der Waals surface area contributed by atoms with Gasteiger partial charge in [0.1, 0.15) is 6.61 Å². The van der Waals surface area contributed by atoms with Crippen LogP contribution in [0.1, 0.15) is 12.8 Å². The van der Waals surface area contributed by atoms with Crippen molar-refractivity contribution < 1.29 is 9.53 Å². The van der Waals surface area contributed by atoms with Crippen molar-refractivity contribution in [2.75, 3.05) is 25.1 Å². The molecule has 1 fully saturated rings. The molecule has 2 aliphatic carbocycles. The van der Waals surface area contributed by atoms with Crippen LogP contribution in [0.15, 0.2) is 42.5 Å². The number of para-hydroxylation sites is 1. The fourth-order valence-corrected chi connectivity index (χ4v) is 3.25. The number of nitrogens with zero attached hydrogens (tertiary/aromatic N) is 1. The van der Waals surface area contributed by atoms with Crippen LogP contribution in [0.25, 0.3) is 0 Å². The van der Waals surface area contributed by atoms with E-state index in [9.17, 15) is 4.79 Å². The standard InChI is InChI=1S/C17H21NO2/c1-18(15-5-3-2-4-6-15)9-10-20-17(19)16-12-13-7-8-14(16)11-13/h2-8,13-14,16H,9-12H2,1H3. The molecular weight excluding hydrogens is 250 g/mol. The van der Waals surface area contributed by atoms with Gasteiger partial charge in [-0.25, -0.2) is 0 Å². The predicted octanol–water partition coefficient (Wildman–Crippen LogP) is 2.88. The number of carbonyl (C=O) groups excluding carboxylic acids is 1. The molecule has 3 nitrogen and oxygen atoms in total. The van der Waals surface area contributed by atoms with E-state index in [1.807, 2.05) is 25.2 Å². The number of hydrogen-bond donors (Lipinski definition) is 0. The van der Waals surface area contributed by atoms with Gasteiger partial charge in [0.2, 0.25) is 0 Å². The monoisotopic (exact) mass is 271 g/mol. The van der Waals surface area contributed by atoms with Gasteiger partial charge in [0.05, 0.1) is 12.5 Å². The molecule has 3 atom stereocenters. The summed E-state index contributed by atoms with van der Waals surface area (Å²) < 4.78 is 5.46. The lowest BCUT2D eigenvalue weighted by molar-refractivity contribution is -0.149. The summed E-state index contributed by atoms with van der Waals surface area (Å²) in [7, 11) is 2.02. The molecule has 106 valence electrons. The highest BCUT2D eigenvalue weighted by Gasteiger charge is 2.40. The maximum atomic E-state index is 12.1. The fourth-order valence-electron chi connectivity index (χ4n) is 3.25. The van der Waals surface area contributed by atoms with E-state index < -0.39 is 0 Å². The third-order valence-electron chi connectivity index (χ3n) is 4.45. The van der Waals surface area contributed by atoms with E-state index in [0.717, 1.165) is 25.1 Å². The van der Waals surface area contributed by atoms with Crippen molar-refractivity contribution in [2.45, 2.75) is 12.8 Å². The highest BCUT2D eigenvalue weighted by atomic mass is 16.5. The number of fused-ring (bicyclic) bond motifs is 2. The Hall–Kier alpha value is -1.77. The third kappa shape index (κ3) is 2.72. The Morgan fingerprint density at radius 3 is 2.70 bits per heavy atom. The molecule has 0 amide bonds. The molecule has 3 unspecified atom stereocenters. The lowest BCUT2D eigenvalue weighted by Gasteiger charge is -2.21. The largest absolute Gasteiger partial charge is 0.464 e. The lowest BCUT2D eigenvalue weighted by Crippen LogP contribution is -2.27. The van der Waals surface area contributed by atoms with Crippen molar-refractivity contribution in [1.29, 1.82) is 0 Å². The molecule has 3 heteroatoms. The molecule has 2 bridgehead atoms. The van der Waals surface area contributed by atoms with Crippen LogP contribution >= 0.6 is 0 Å². The first-order valence-corrected chi connectivity index (χ1v) is 7.35. The van der Waals surface area contributed by atoms with Gasteiger partial charge in [-0.1, -0.05) is 30.4 Å². The van der Waals surface area contributed by atoms with Crippen molar-refractivity contribution in [3.63, 3.8) is 0 Å². The summed E-state index contributed by atoms with van der Waals surface area (Å²) in [5, 5.41) is 0.